The number of nitrogens with one attached hydrogen (secondary N) is 2. The largest absolute Gasteiger partial charge is 0.494 e. The molecule has 0 spiro atoms. The van der Waals surface area contributed by atoms with Gasteiger partial charge in [-0.15, -0.1) is 0 Å². The van der Waals surface area contributed by atoms with Crippen molar-refractivity contribution in [2.75, 3.05) is 19.7 Å². The number of carbonyl (C=O) groups excluding carboxylic acids is 2. The fraction of sp³-hybridized carbons (Fsp3) is 0.222. The smallest absolute Gasteiger partial charge is 0.275 e. The number of H-pyrrole nitrogens is 1. The molecule has 4 aromatic carbocycles. The van der Waals surface area contributed by atoms with Gasteiger partial charge < -0.3 is 19.7 Å². The number of fused-ring (bicyclic) bond motifs is 2. The first-order valence-electron chi connectivity index (χ1n) is 15.2. The van der Waals surface area contributed by atoms with E-state index in [0.29, 0.717) is 73.4 Å². The van der Waals surface area contributed by atoms with E-state index in [9.17, 15) is 14.4 Å². The van der Waals surface area contributed by atoms with Crippen LogP contribution in [0.25, 0.3) is 10.8 Å². The number of aromatic nitrogens is 2. The van der Waals surface area contributed by atoms with Gasteiger partial charge in [-0.2, -0.15) is 5.10 Å². The Morgan fingerprint density at radius 2 is 1.64 bits per heavy atom. The Kier molecular flexibility index (Phi) is 7.73. The number of carbonyl (C=O) groups is 2. The highest BCUT2D eigenvalue weighted by Crippen LogP contribution is 2.39. The Labute approximate surface area is 259 Å². The van der Waals surface area contributed by atoms with Crippen molar-refractivity contribution in [3.63, 3.8) is 0 Å². The van der Waals surface area contributed by atoms with Crippen LogP contribution in [-0.4, -0.2) is 46.6 Å². The molecule has 1 unspecified atom stereocenters. The van der Waals surface area contributed by atoms with Gasteiger partial charge in [-0.1, -0.05) is 48.5 Å². The molecule has 0 fully saturated rings. The van der Waals surface area contributed by atoms with E-state index in [1.54, 1.807) is 24.3 Å². The fourth-order valence-corrected chi connectivity index (χ4v) is 6.13. The molecule has 9 nitrogen and oxygen atoms in total. The maximum atomic E-state index is 14.3. The zero-order valence-electron chi connectivity index (χ0n) is 24.6. The normalized spacial score (nSPS) is 16.8. The molecule has 0 saturated heterocycles. The van der Waals surface area contributed by atoms with Crippen LogP contribution in [0.4, 0.5) is 0 Å². The third-order valence-corrected chi connectivity index (χ3v) is 8.39. The van der Waals surface area contributed by atoms with E-state index in [1.807, 2.05) is 71.6 Å². The molecule has 2 N–H and O–H groups in total. The zero-order valence-corrected chi connectivity index (χ0v) is 24.6. The molecule has 4 aliphatic heterocycles. The van der Waals surface area contributed by atoms with Crippen LogP contribution in [0.2, 0.25) is 0 Å². The van der Waals surface area contributed by atoms with E-state index in [2.05, 4.69) is 15.5 Å². The van der Waals surface area contributed by atoms with Gasteiger partial charge in [0, 0.05) is 24.9 Å². The molecule has 9 rings (SSSR count). The van der Waals surface area contributed by atoms with Crippen LogP contribution in [0, 0.1) is 0 Å². The van der Waals surface area contributed by atoms with Gasteiger partial charge in [0.25, 0.3) is 11.5 Å². The topological polar surface area (TPSA) is 114 Å². The van der Waals surface area contributed by atoms with Crippen molar-refractivity contribution in [1.29, 1.82) is 0 Å². The van der Waals surface area contributed by atoms with Crippen molar-refractivity contribution in [1.82, 2.24) is 20.4 Å². The molecule has 9 heteroatoms. The first-order chi connectivity index (χ1) is 22.0. The first-order valence-corrected chi connectivity index (χ1v) is 15.2. The predicted molar refractivity (Wildman–Crippen MR) is 170 cm³/mol. The van der Waals surface area contributed by atoms with Gasteiger partial charge in [0.2, 0.25) is 5.91 Å². The summed E-state index contributed by atoms with van der Waals surface area (Å²) in [7, 11) is 0. The Morgan fingerprint density at radius 3 is 2.51 bits per heavy atom. The van der Waals surface area contributed by atoms with E-state index in [4.69, 9.17) is 9.47 Å². The van der Waals surface area contributed by atoms with Crippen LogP contribution in [-0.2, 0) is 17.6 Å². The Bertz CT molecular complexity index is 1950. The minimum Gasteiger partial charge on any atom is -0.494 e. The lowest BCUT2D eigenvalue weighted by Crippen LogP contribution is -2.41. The Hall–Kier alpha value is -5.44. The summed E-state index contributed by atoms with van der Waals surface area (Å²) in [6.45, 7) is 1.39. The molecular weight excluding hydrogens is 568 g/mol. The predicted octanol–water partition coefficient (Wildman–Crippen LogP) is 5.33. The highest BCUT2D eigenvalue weighted by atomic mass is 16.5. The number of ether oxygens (including phenoxy) is 2. The lowest BCUT2D eigenvalue weighted by molar-refractivity contribution is -0.121. The highest BCUT2D eigenvalue weighted by Gasteiger charge is 2.34. The van der Waals surface area contributed by atoms with E-state index in [1.165, 1.54) is 0 Å². The van der Waals surface area contributed by atoms with Crippen molar-refractivity contribution in [3.8, 4) is 17.2 Å². The molecule has 0 radical (unpaired) electrons. The number of amides is 2. The van der Waals surface area contributed by atoms with Crippen molar-refractivity contribution >= 4 is 22.6 Å². The minimum absolute atomic E-state index is 0.00588. The summed E-state index contributed by atoms with van der Waals surface area (Å²) in [6.07, 6.45) is 2.34. The molecule has 5 heterocycles. The maximum absolute atomic E-state index is 14.3. The molecule has 45 heavy (non-hydrogen) atoms. The van der Waals surface area contributed by atoms with Crippen molar-refractivity contribution in [2.45, 2.75) is 31.7 Å². The summed E-state index contributed by atoms with van der Waals surface area (Å²) < 4.78 is 12.3. The summed E-state index contributed by atoms with van der Waals surface area (Å²) in [6, 6.07) is 28.2. The lowest BCUT2D eigenvalue weighted by atomic mass is 9.87. The molecule has 226 valence electrons. The van der Waals surface area contributed by atoms with E-state index in [-0.39, 0.29) is 23.1 Å². The maximum Gasteiger partial charge on any atom is 0.275 e. The molecule has 1 aromatic heterocycles. The molecule has 0 aliphatic carbocycles. The summed E-state index contributed by atoms with van der Waals surface area (Å²) in [5.74, 6) is 1.82. The van der Waals surface area contributed by atoms with Gasteiger partial charge in [0.1, 0.15) is 17.2 Å². The van der Waals surface area contributed by atoms with Gasteiger partial charge in [-0.05, 0) is 84.0 Å². The minimum atomic E-state index is -0.431. The second-order valence-electron chi connectivity index (χ2n) is 11.3. The van der Waals surface area contributed by atoms with E-state index < -0.39 is 6.04 Å². The lowest BCUT2D eigenvalue weighted by Gasteiger charge is -2.38. The summed E-state index contributed by atoms with van der Waals surface area (Å²) in [4.78, 5) is 41.0. The quantitative estimate of drug-likeness (QED) is 0.269. The van der Waals surface area contributed by atoms with Gasteiger partial charge in [-0.25, -0.2) is 5.10 Å². The number of hydrogen-bond donors (Lipinski definition) is 2. The third-order valence-electron chi connectivity index (χ3n) is 8.39. The van der Waals surface area contributed by atoms with E-state index >= 15 is 0 Å². The standard InChI is InChI=1S/C36H32N4O5/c41-32-16-11-23-9-12-26(13-10-23)45-28-14-15-29-24(21-28)17-19-40(34(29)25-5-3-6-27(22-25)44-20-4-18-37-32)36(43)33-30-7-1-2-8-31(30)35(42)39-38-33/h1-3,5-10,12-15,21-22,34H,4,11,16-20H2,(H,37,41)(H,39,42). The van der Waals surface area contributed by atoms with Crippen LogP contribution in [0.3, 0.4) is 0 Å². The number of aryl methyl sites for hydroxylation is 1. The fourth-order valence-electron chi connectivity index (χ4n) is 6.13. The van der Waals surface area contributed by atoms with Crippen molar-refractivity contribution in [2.24, 2.45) is 0 Å². The second kappa shape index (κ2) is 12.3. The average molecular weight is 601 g/mol. The van der Waals surface area contributed by atoms with Crippen LogP contribution in [0.15, 0.2) is 95.8 Å². The summed E-state index contributed by atoms with van der Waals surface area (Å²) >= 11 is 0. The van der Waals surface area contributed by atoms with Crippen molar-refractivity contribution < 1.29 is 19.1 Å². The molecule has 0 saturated carbocycles. The average Bonchev–Trinajstić information content (AvgIpc) is 3.07. The molecule has 5 aromatic rings. The molecule has 1 atom stereocenters. The zero-order chi connectivity index (χ0) is 30.8. The highest BCUT2D eigenvalue weighted by molar-refractivity contribution is 6.05. The third kappa shape index (κ3) is 5.89. The van der Waals surface area contributed by atoms with Gasteiger partial charge in [0.15, 0.2) is 5.69 Å². The SMILES string of the molecule is O=C1CCc2ccc(cc2)Oc2ccc3c(c2)CCN(C(=O)c2n[nH]c(=O)c4ccccc24)C3c2cccc(c2)OCCCN1. The van der Waals surface area contributed by atoms with Crippen LogP contribution >= 0.6 is 0 Å². The van der Waals surface area contributed by atoms with Gasteiger partial charge in [-0.3, -0.25) is 14.4 Å². The van der Waals surface area contributed by atoms with Gasteiger partial charge in [0.05, 0.1) is 18.0 Å². The second-order valence-corrected chi connectivity index (χ2v) is 11.3. The van der Waals surface area contributed by atoms with Gasteiger partial charge >= 0.3 is 0 Å². The first kappa shape index (κ1) is 28.3. The summed E-state index contributed by atoms with van der Waals surface area (Å²) in [5, 5.41) is 10.6. The number of nitrogens with zero attached hydrogens (tertiary/aromatic N) is 2. The number of rotatable bonds is 1. The molecule has 8 bridgehead atoms. The number of aromatic amines is 1. The Morgan fingerprint density at radius 1 is 0.822 bits per heavy atom. The summed E-state index contributed by atoms with van der Waals surface area (Å²) in [5.41, 5.74) is 3.88. The molecular formula is C36H32N4O5. The number of benzene rings is 4. The van der Waals surface area contributed by atoms with Crippen LogP contribution in [0.5, 0.6) is 17.2 Å². The van der Waals surface area contributed by atoms with E-state index in [0.717, 1.165) is 22.3 Å². The number of hydrogen-bond acceptors (Lipinski definition) is 6. The van der Waals surface area contributed by atoms with Crippen molar-refractivity contribution in [3.05, 3.63) is 129 Å². The molecule has 4 aliphatic rings. The monoisotopic (exact) mass is 600 g/mol. The Balaban J connectivity index is 1.29. The molecule has 2 amide bonds. The van der Waals surface area contributed by atoms with Crippen LogP contribution in [0.1, 0.15) is 51.6 Å². The van der Waals surface area contributed by atoms with Crippen LogP contribution < -0.4 is 20.3 Å².